The summed E-state index contributed by atoms with van der Waals surface area (Å²) in [7, 11) is 0. The van der Waals surface area contributed by atoms with E-state index in [1.807, 2.05) is 30.6 Å². The molecule has 0 saturated carbocycles. The fourth-order valence-corrected chi connectivity index (χ4v) is 1.33. The highest BCUT2D eigenvalue weighted by Crippen LogP contribution is 2.09. The number of aromatic amines is 1. The molecule has 0 bridgehead atoms. The molecule has 2 N–H and O–H groups in total. The summed E-state index contributed by atoms with van der Waals surface area (Å²) in [5.74, 6) is 0. The fourth-order valence-electron chi connectivity index (χ4n) is 1.33. The number of allylic oxidation sites excluding steroid dienone is 1. The summed E-state index contributed by atoms with van der Waals surface area (Å²) in [5.41, 5.74) is 1.21. The second-order valence-corrected chi connectivity index (χ2v) is 3.20. The van der Waals surface area contributed by atoms with Crippen LogP contribution in [-0.4, -0.2) is 11.2 Å². The van der Waals surface area contributed by atoms with E-state index < -0.39 is 0 Å². The first-order chi connectivity index (χ1) is 7.97. The summed E-state index contributed by atoms with van der Waals surface area (Å²) in [4.78, 5) is 6.94. The Hall–Kier alpha value is -2.29. The molecule has 0 spiro atoms. The maximum atomic E-state index is 3.82. The Bertz CT molecular complexity index is 476. The Morgan fingerprint density at radius 2 is 1.94 bits per heavy atom. The van der Waals surface area contributed by atoms with Crippen LogP contribution in [-0.2, 0) is 0 Å². The summed E-state index contributed by atoms with van der Waals surface area (Å²) in [6.45, 7) is 0. The molecule has 0 fully saturated rings. The number of aliphatic imine (C=N–C) groups is 1. The Balaban J connectivity index is 0.000000125. The van der Waals surface area contributed by atoms with Crippen molar-refractivity contribution in [2.24, 2.45) is 4.99 Å². The zero-order valence-electron chi connectivity index (χ0n) is 8.80. The first-order valence-electron chi connectivity index (χ1n) is 5.08. The number of hydrogen-bond acceptors (Lipinski definition) is 2. The van der Waals surface area contributed by atoms with Crippen LogP contribution in [0.15, 0.2) is 66.2 Å². The van der Waals surface area contributed by atoms with Crippen LogP contribution in [0.4, 0.5) is 0 Å². The van der Waals surface area contributed by atoms with Crippen molar-refractivity contribution >= 4 is 17.1 Å². The van der Waals surface area contributed by atoms with Gasteiger partial charge in [-0.1, -0.05) is 18.2 Å². The lowest BCUT2D eigenvalue weighted by molar-refractivity contribution is 1.19. The van der Waals surface area contributed by atoms with Crippen molar-refractivity contribution in [2.45, 2.75) is 0 Å². The summed E-state index contributed by atoms with van der Waals surface area (Å²) in [6.07, 6.45) is 10.8. The van der Waals surface area contributed by atoms with Crippen LogP contribution in [0.1, 0.15) is 0 Å². The van der Waals surface area contributed by atoms with Gasteiger partial charge in [0.15, 0.2) is 0 Å². The van der Waals surface area contributed by atoms with Gasteiger partial charge in [-0.25, -0.2) is 0 Å². The van der Waals surface area contributed by atoms with Crippen molar-refractivity contribution in [3.05, 3.63) is 61.2 Å². The summed E-state index contributed by atoms with van der Waals surface area (Å²) in [5, 5.41) is 4.14. The van der Waals surface area contributed by atoms with Gasteiger partial charge in [-0.05, 0) is 23.6 Å². The molecule has 0 amide bonds. The Kier molecular flexibility index (Phi) is 3.55. The molecule has 3 nitrogen and oxygen atoms in total. The quantitative estimate of drug-likeness (QED) is 0.691. The molecule has 0 atom stereocenters. The van der Waals surface area contributed by atoms with E-state index in [0.29, 0.717) is 0 Å². The van der Waals surface area contributed by atoms with E-state index in [1.54, 1.807) is 18.6 Å². The first kappa shape index (κ1) is 10.2. The molecule has 1 aromatic carbocycles. The normalized spacial score (nSPS) is 12.8. The van der Waals surface area contributed by atoms with Gasteiger partial charge in [0, 0.05) is 36.5 Å². The van der Waals surface area contributed by atoms with Crippen LogP contribution in [0.25, 0.3) is 10.9 Å². The van der Waals surface area contributed by atoms with Crippen molar-refractivity contribution in [3.8, 4) is 0 Å². The van der Waals surface area contributed by atoms with Crippen LogP contribution in [0.2, 0.25) is 0 Å². The van der Waals surface area contributed by atoms with E-state index in [2.05, 4.69) is 33.5 Å². The zero-order valence-corrected chi connectivity index (χ0v) is 8.80. The monoisotopic (exact) mass is 211 g/mol. The van der Waals surface area contributed by atoms with Gasteiger partial charge in [0.05, 0.1) is 0 Å². The van der Waals surface area contributed by atoms with Gasteiger partial charge >= 0.3 is 0 Å². The molecule has 2 aromatic rings. The van der Waals surface area contributed by atoms with Gasteiger partial charge in [-0.15, -0.1) is 0 Å². The molecule has 1 aliphatic rings. The van der Waals surface area contributed by atoms with Crippen LogP contribution in [0.3, 0.4) is 0 Å². The van der Waals surface area contributed by atoms with Crippen molar-refractivity contribution in [3.63, 3.8) is 0 Å². The molecule has 0 aliphatic carbocycles. The molecule has 0 unspecified atom stereocenters. The number of H-pyrrole nitrogens is 1. The van der Waals surface area contributed by atoms with Crippen molar-refractivity contribution < 1.29 is 0 Å². The largest absolute Gasteiger partial charge is 0.366 e. The van der Waals surface area contributed by atoms with E-state index in [9.17, 15) is 0 Å². The number of para-hydroxylation sites is 1. The smallest absolute Gasteiger partial charge is 0.0453 e. The van der Waals surface area contributed by atoms with E-state index in [0.717, 1.165) is 0 Å². The molecule has 80 valence electrons. The van der Waals surface area contributed by atoms with Gasteiger partial charge in [0.2, 0.25) is 0 Å². The lowest BCUT2D eigenvalue weighted by Gasteiger charge is -1.83. The van der Waals surface area contributed by atoms with Gasteiger partial charge in [0.1, 0.15) is 0 Å². The number of rotatable bonds is 0. The molecule has 1 aromatic heterocycles. The average Bonchev–Trinajstić information content (AvgIpc) is 2.61. The number of hydrogen-bond donors (Lipinski definition) is 2. The minimum atomic E-state index is 1.21. The fraction of sp³-hybridized carbons (Fsp3) is 0. The third kappa shape index (κ3) is 2.85. The average molecular weight is 211 g/mol. The number of benzene rings is 1. The van der Waals surface area contributed by atoms with E-state index in [1.165, 1.54) is 10.9 Å². The Labute approximate surface area is 94.2 Å². The third-order valence-electron chi connectivity index (χ3n) is 2.08. The molecule has 0 saturated heterocycles. The van der Waals surface area contributed by atoms with Gasteiger partial charge in [0.25, 0.3) is 0 Å². The highest BCUT2D eigenvalue weighted by Gasteiger charge is 1.86. The van der Waals surface area contributed by atoms with Crippen LogP contribution < -0.4 is 5.32 Å². The second-order valence-electron chi connectivity index (χ2n) is 3.20. The molecule has 3 rings (SSSR count). The molecular formula is C13H13N3. The van der Waals surface area contributed by atoms with E-state index in [-0.39, 0.29) is 0 Å². The summed E-state index contributed by atoms with van der Waals surface area (Å²) < 4.78 is 0. The van der Waals surface area contributed by atoms with Crippen LogP contribution in [0, 0.1) is 0 Å². The lowest BCUT2D eigenvalue weighted by atomic mass is 10.3. The minimum Gasteiger partial charge on any atom is -0.366 e. The highest BCUT2D eigenvalue weighted by atomic mass is 14.8. The van der Waals surface area contributed by atoms with E-state index >= 15 is 0 Å². The van der Waals surface area contributed by atoms with Gasteiger partial charge in [-0.2, -0.15) is 0 Å². The minimum absolute atomic E-state index is 1.21. The predicted molar refractivity (Wildman–Crippen MR) is 68.2 cm³/mol. The topological polar surface area (TPSA) is 40.2 Å². The number of fused-ring (bicyclic) bond motifs is 1. The highest BCUT2D eigenvalue weighted by molar-refractivity contribution is 5.78. The molecule has 1 aliphatic heterocycles. The molecule has 16 heavy (non-hydrogen) atoms. The molecule has 2 heterocycles. The number of nitrogens with one attached hydrogen (secondary N) is 2. The third-order valence-corrected chi connectivity index (χ3v) is 2.08. The maximum Gasteiger partial charge on any atom is 0.0453 e. The van der Waals surface area contributed by atoms with Gasteiger partial charge in [-0.3, -0.25) is 4.99 Å². The lowest BCUT2D eigenvalue weighted by Crippen LogP contribution is -1.87. The Morgan fingerprint density at radius 3 is 2.88 bits per heavy atom. The predicted octanol–water partition coefficient (Wildman–Crippen LogP) is 2.81. The second kappa shape index (κ2) is 5.56. The van der Waals surface area contributed by atoms with Crippen molar-refractivity contribution in [2.75, 3.05) is 0 Å². The van der Waals surface area contributed by atoms with Crippen LogP contribution in [0.5, 0.6) is 0 Å². The Morgan fingerprint density at radius 1 is 1.00 bits per heavy atom. The van der Waals surface area contributed by atoms with E-state index in [4.69, 9.17) is 0 Å². The van der Waals surface area contributed by atoms with Crippen LogP contribution >= 0.6 is 0 Å². The van der Waals surface area contributed by atoms with Crippen molar-refractivity contribution in [1.29, 1.82) is 0 Å². The maximum absolute atomic E-state index is 3.82. The molecule has 0 radical (unpaired) electrons. The zero-order chi connectivity index (χ0) is 11.1. The summed E-state index contributed by atoms with van der Waals surface area (Å²) in [6, 6.07) is 10.3. The number of aromatic nitrogens is 1. The molecule has 3 heteroatoms. The first-order valence-corrected chi connectivity index (χ1v) is 5.08. The standard InChI is InChI=1S/C8H7N.C5H6N2/c1-2-4-8-7(3-1)5-6-9-8;1-2-6-4-5-7-3-1/h1-6,9H;1-6H. The molecular weight excluding hydrogens is 198 g/mol. The SMILES string of the molecule is C1=CNC=CN=C1.c1ccc2[nH]ccc2c1. The van der Waals surface area contributed by atoms with Gasteiger partial charge < -0.3 is 10.3 Å². The summed E-state index contributed by atoms with van der Waals surface area (Å²) >= 11 is 0. The number of nitrogens with zero attached hydrogens (tertiary/aromatic N) is 1. The van der Waals surface area contributed by atoms with Crippen molar-refractivity contribution in [1.82, 2.24) is 10.3 Å².